The molecule has 5 rings (SSSR count). The minimum Gasteiger partial charge on any atom is -0.487 e. The predicted octanol–water partition coefficient (Wildman–Crippen LogP) is 2.54. The lowest BCUT2D eigenvalue weighted by Crippen LogP contribution is -2.15. The van der Waals surface area contributed by atoms with Gasteiger partial charge in [0.05, 0.1) is 11.9 Å². The molecule has 1 aromatic heterocycles. The average Bonchev–Trinajstić information content (AvgIpc) is 3.20. The Kier molecular flexibility index (Phi) is 2.58. The van der Waals surface area contributed by atoms with Crippen LogP contribution in [0.15, 0.2) is 48.7 Å². The molecule has 0 radical (unpaired) electrons. The van der Waals surface area contributed by atoms with Crippen LogP contribution in [0.25, 0.3) is 0 Å². The van der Waals surface area contributed by atoms with Gasteiger partial charge in [-0.15, -0.1) is 5.10 Å². The van der Waals surface area contributed by atoms with Gasteiger partial charge in [-0.3, -0.25) is 0 Å². The normalized spacial score (nSPS) is 17.8. The van der Waals surface area contributed by atoms with E-state index >= 15 is 0 Å². The molecule has 114 valence electrons. The monoisotopic (exact) mass is 307 g/mol. The molecule has 0 saturated heterocycles. The van der Waals surface area contributed by atoms with E-state index in [2.05, 4.69) is 16.4 Å². The Morgan fingerprint density at radius 3 is 2.87 bits per heavy atom. The Morgan fingerprint density at radius 1 is 0.957 bits per heavy atom. The first kappa shape index (κ1) is 12.5. The summed E-state index contributed by atoms with van der Waals surface area (Å²) in [5.74, 6) is 2.39. The second-order valence-corrected chi connectivity index (χ2v) is 5.51. The van der Waals surface area contributed by atoms with Crippen molar-refractivity contribution in [2.45, 2.75) is 12.6 Å². The van der Waals surface area contributed by atoms with Crippen LogP contribution in [-0.4, -0.2) is 21.8 Å². The maximum atomic E-state index is 5.92. The molecule has 3 heterocycles. The van der Waals surface area contributed by atoms with Gasteiger partial charge < -0.3 is 14.2 Å². The minimum absolute atomic E-state index is 0.110. The highest BCUT2D eigenvalue weighted by Crippen LogP contribution is 2.40. The van der Waals surface area contributed by atoms with Gasteiger partial charge in [0, 0.05) is 5.56 Å². The Labute approximate surface area is 132 Å². The average molecular weight is 307 g/mol. The molecule has 0 bridgehead atoms. The van der Waals surface area contributed by atoms with Crippen LogP contribution in [0.5, 0.6) is 17.2 Å². The summed E-state index contributed by atoms with van der Waals surface area (Å²) in [5, 5.41) is 8.33. The zero-order chi connectivity index (χ0) is 15.2. The van der Waals surface area contributed by atoms with Gasteiger partial charge >= 0.3 is 0 Å². The molecule has 0 aliphatic carbocycles. The minimum atomic E-state index is -0.110. The van der Waals surface area contributed by atoms with Crippen molar-refractivity contribution in [1.29, 1.82) is 0 Å². The van der Waals surface area contributed by atoms with E-state index in [9.17, 15) is 0 Å². The van der Waals surface area contributed by atoms with E-state index in [1.165, 1.54) is 0 Å². The smallest absolute Gasteiger partial charge is 0.231 e. The van der Waals surface area contributed by atoms with Gasteiger partial charge in [-0.2, -0.15) is 0 Å². The lowest BCUT2D eigenvalue weighted by molar-refractivity contribution is 0.174. The van der Waals surface area contributed by atoms with Gasteiger partial charge in [-0.05, 0) is 23.8 Å². The van der Waals surface area contributed by atoms with Crippen LogP contribution in [0.3, 0.4) is 0 Å². The van der Waals surface area contributed by atoms with Gasteiger partial charge in [0.15, 0.2) is 11.5 Å². The van der Waals surface area contributed by atoms with Gasteiger partial charge in [0.1, 0.15) is 18.4 Å². The van der Waals surface area contributed by atoms with Crippen LogP contribution < -0.4 is 14.2 Å². The number of hydrogen-bond acceptors (Lipinski definition) is 5. The molecule has 2 aliphatic rings. The lowest BCUT2D eigenvalue weighted by atomic mass is 9.97. The van der Waals surface area contributed by atoms with Crippen molar-refractivity contribution in [1.82, 2.24) is 15.0 Å². The second kappa shape index (κ2) is 4.74. The third kappa shape index (κ3) is 1.88. The Hall–Kier alpha value is -3.02. The van der Waals surface area contributed by atoms with E-state index in [0.29, 0.717) is 6.61 Å². The fraction of sp³-hybridized carbons (Fsp3) is 0.176. The SMILES string of the molecule is c1ccc2c(c1)OCc1cnnn1C2c1ccc2c(c1)OCO2. The second-order valence-electron chi connectivity index (χ2n) is 5.51. The van der Waals surface area contributed by atoms with Gasteiger partial charge in [-0.25, -0.2) is 4.68 Å². The topological polar surface area (TPSA) is 58.4 Å². The molecule has 6 nitrogen and oxygen atoms in total. The first-order chi connectivity index (χ1) is 11.4. The van der Waals surface area contributed by atoms with Crippen molar-refractivity contribution in [3.05, 3.63) is 65.5 Å². The zero-order valence-electron chi connectivity index (χ0n) is 12.2. The van der Waals surface area contributed by atoms with Crippen LogP contribution in [0, 0.1) is 0 Å². The highest BCUT2D eigenvalue weighted by Gasteiger charge is 2.28. The van der Waals surface area contributed by atoms with Crippen molar-refractivity contribution in [3.8, 4) is 17.2 Å². The number of hydrogen-bond donors (Lipinski definition) is 0. The third-order valence-corrected chi connectivity index (χ3v) is 4.20. The predicted molar refractivity (Wildman–Crippen MR) is 80.6 cm³/mol. The molecular formula is C17H13N3O3. The van der Waals surface area contributed by atoms with Crippen LogP contribution >= 0.6 is 0 Å². The van der Waals surface area contributed by atoms with E-state index in [4.69, 9.17) is 14.2 Å². The lowest BCUT2D eigenvalue weighted by Gasteiger charge is -2.19. The number of para-hydroxylation sites is 1. The van der Waals surface area contributed by atoms with Crippen LogP contribution in [0.1, 0.15) is 22.9 Å². The number of aromatic nitrogens is 3. The van der Waals surface area contributed by atoms with Crippen molar-refractivity contribution in [2.75, 3.05) is 6.79 Å². The summed E-state index contributed by atoms with van der Waals surface area (Å²) in [5.41, 5.74) is 3.04. The molecule has 0 N–H and O–H groups in total. The summed E-state index contributed by atoms with van der Waals surface area (Å²) in [4.78, 5) is 0. The van der Waals surface area contributed by atoms with Crippen LogP contribution in [-0.2, 0) is 6.61 Å². The van der Waals surface area contributed by atoms with Gasteiger partial charge in [0.2, 0.25) is 6.79 Å². The number of nitrogens with zero attached hydrogens (tertiary/aromatic N) is 3. The molecule has 1 unspecified atom stereocenters. The third-order valence-electron chi connectivity index (χ3n) is 4.20. The molecule has 2 aliphatic heterocycles. The zero-order valence-corrected chi connectivity index (χ0v) is 12.2. The fourth-order valence-electron chi connectivity index (χ4n) is 3.11. The summed E-state index contributed by atoms with van der Waals surface area (Å²) < 4.78 is 18.8. The Balaban J connectivity index is 1.73. The number of fused-ring (bicyclic) bond motifs is 3. The molecule has 0 fully saturated rings. The van der Waals surface area contributed by atoms with E-state index in [1.807, 2.05) is 41.1 Å². The van der Waals surface area contributed by atoms with Crippen molar-refractivity contribution in [2.24, 2.45) is 0 Å². The maximum absolute atomic E-state index is 5.92. The quantitative estimate of drug-likeness (QED) is 0.691. The standard InChI is InChI=1S/C17H13N3O3/c1-2-4-14-13(3-1)17(20-12(9-21-14)8-18-19-20)11-5-6-15-16(7-11)23-10-22-15/h1-8,17H,9-10H2. The molecule has 6 heteroatoms. The largest absolute Gasteiger partial charge is 0.487 e. The number of rotatable bonds is 1. The fourth-order valence-corrected chi connectivity index (χ4v) is 3.11. The van der Waals surface area contributed by atoms with Crippen molar-refractivity contribution < 1.29 is 14.2 Å². The first-order valence-electron chi connectivity index (χ1n) is 7.40. The molecule has 2 aromatic carbocycles. The Bertz CT molecular complexity index is 890. The van der Waals surface area contributed by atoms with Crippen molar-refractivity contribution in [3.63, 3.8) is 0 Å². The van der Waals surface area contributed by atoms with Crippen molar-refractivity contribution >= 4 is 0 Å². The summed E-state index contributed by atoms with van der Waals surface area (Å²) >= 11 is 0. The van der Waals surface area contributed by atoms with Crippen LogP contribution in [0.4, 0.5) is 0 Å². The van der Waals surface area contributed by atoms with Crippen LogP contribution in [0.2, 0.25) is 0 Å². The molecule has 0 amide bonds. The molecule has 0 saturated carbocycles. The summed E-state index contributed by atoms with van der Waals surface area (Å²) in [7, 11) is 0. The summed E-state index contributed by atoms with van der Waals surface area (Å²) in [6.45, 7) is 0.711. The number of ether oxygens (including phenoxy) is 3. The highest BCUT2D eigenvalue weighted by atomic mass is 16.7. The summed E-state index contributed by atoms with van der Waals surface area (Å²) in [6, 6.07) is 13.9. The highest BCUT2D eigenvalue weighted by molar-refractivity contribution is 5.50. The molecule has 3 aromatic rings. The van der Waals surface area contributed by atoms with E-state index in [-0.39, 0.29) is 12.8 Å². The molecular weight excluding hydrogens is 294 g/mol. The van der Waals surface area contributed by atoms with E-state index in [0.717, 1.165) is 34.1 Å². The maximum Gasteiger partial charge on any atom is 0.231 e. The van der Waals surface area contributed by atoms with Gasteiger partial charge in [0.25, 0.3) is 0 Å². The molecule has 1 atom stereocenters. The Morgan fingerprint density at radius 2 is 1.87 bits per heavy atom. The molecule has 0 spiro atoms. The first-order valence-corrected chi connectivity index (χ1v) is 7.40. The van der Waals surface area contributed by atoms with Gasteiger partial charge in [-0.1, -0.05) is 29.5 Å². The molecule has 23 heavy (non-hydrogen) atoms. The number of benzene rings is 2. The summed E-state index contributed by atoms with van der Waals surface area (Å²) in [6.07, 6.45) is 1.74. The van der Waals surface area contributed by atoms with E-state index < -0.39 is 0 Å². The van der Waals surface area contributed by atoms with E-state index in [1.54, 1.807) is 6.20 Å².